The number of carbonyl (C=O) groups excluding carboxylic acids is 1. The van der Waals surface area contributed by atoms with E-state index < -0.39 is 0 Å². The van der Waals surface area contributed by atoms with E-state index in [-0.39, 0.29) is 12.5 Å². The number of anilines is 3. The summed E-state index contributed by atoms with van der Waals surface area (Å²) in [6, 6.07) is 7.12. The third-order valence-corrected chi connectivity index (χ3v) is 3.14. The second-order valence-electron chi connectivity index (χ2n) is 4.47. The minimum atomic E-state index is -0.0859. The van der Waals surface area contributed by atoms with Crippen LogP contribution in [0.2, 0.25) is 0 Å². The predicted molar refractivity (Wildman–Crippen MR) is 77.2 cm³/mol. The molecule has 1 aromatic heterocycles. The molecule has 0 aliphatic carbocycles. The fourth-order valence-corrected chi connectivity index (χ4v) is 2.00. The van der Waals surface area contributed by atoms with Crippen molar-refractivity contribution < 1.29 is 14.3 Å². The Morgan fingerprint density at radius 1 is 1.38 bits per heavy atom. The van der Waals surface area contributed by atoms with Gasteiger partial charge in [-0.2, -0.15) is 4.98 Å². The number of nitrogens with zero attached hydrogens (tertiary/aromatic N) is 3. The van der Waals surface area contributed by atoms with Gasteiger partial charge in [0.15, 0.2) is 6.61 Å². The van der Waals surface area contributed by atoms with Crippen LogP contribution in [0, 0.1) is 0 Å². The summed E-state index contributed by atoms with van der Waals surface area (Å²) < 4.78 is 10.4. The molecule has 0 fully saturated rings. The SMILES string of the molecule is COc1ccnc(Nc2ccc3c(c2)N(C)C(=O)CO3)n1. The molecule has 3 rings (SSSR count). The van der Waals surface area contributed by atoms with Gasteiger partial charge >= 0.3 is 0 Å². The maximum atomic E-state index is 11.6. The summed E-state index contributed by atoms with van der Waals surface area (Å²) >= 11 is 0. The first kappa shape index (κ1) is 13.2. The Morgan fingerprint density at radius 2 is 2.24 bits per heavy atom. The van der Waals surface area contributed by atoms with Crippen molar-refractivity contribution in [3.63, 3.8) is 0 Å². The van der Waals surface area contributed by atoms with Gasteiger partial charge in [0.05, 0.1) is 12.8 Å². The minimum Gasteiger partial charge on any atom is -0.482 e. The Kier molecular flexibility index (Phi) is 3.31. The molecule has 1 amide bonds. The molecule has 0 radical (unpaired) electrons. The molecule has 1 aliphatic heterocycles. The molecule has 0 spiro atoms. The van der Waals surface area contributed by atoms with Gasteiger partial charge in [-0.25, -0.2) is 4.98 Å². The second-order valence-corrected chi connectivity index (χ2v) is 4.47. The summed E-state index contributed by atoms with van der Waals surface area (Å²) in [7, 11) is 3.26. The Bertz CT molecular complexity index is 690. The Morgan fingerprint density at radius 3 is 3.05 bits per heavy atom. The van der Waals surface area contributed by atoms with Gasteiger partial charge in [0.25, 0.3) is 5.91 Å². The fraction of sp³-hybridized carbons (Fsp3) is 0.214. The van der Waals surface area contributed by atoms with Crippen LogP contribution < -0.4 is 19.7 Å². The summed E-state index contributed by atoms with van der Waals surface area (Å²) in [5.41, 5.74) is 1.46. The highest BCUT2D eigenvalue weighted by molar-refractivity contribution is 5.98. The van der Waals surface area contributed by atoms with E-state index in [9.17, 15) is 4.79 Å². The molecule has 0 bridgehead atoms. The molecule has 1 aliphatic rings. The summed E-state index contributed by atoms with van der Waals surface area (Å²) in [5.74, 6) is 1.48. The van der Waals surface area contributed by atoms with Crippen molar-refractivity contribution in [1.29, 1.82) is 0 Å². The van der Waals surface area contributed by atoms with Gasteiger partial charge in [-0.15, -0.1) is 0 Å². The molecule has 2 heterocycles. The zero-order chi connectivity index (χ0) is 14.8. The highest BCUT2D eigenvalue weighted by Gasteiger charge is 2.22. The fourth-order valence-electron chi connectivity index (χ4n) is 2.00. The average molecular weight is 286 g/mol. The van der Waals surface area contributed by atoms with Crippen LogP contribution in [-0.4, -0.2) is 36.6 Å². The smallest absolute Gasteiger partial charge is 0.264 e. The summed E-state index contributed by atoms with van der Waals surface area (Å²) in [5, 5.41) is 3.07. The van der Waals surface area contributed by atoms with E-state index in [0.717, 1.165) is 5.69 Å². The lowest BCUT2D eigenvalue weighted by Crippen LogP contribution is -2.35. The number of amides is 1. The zero-order valence-corrected chi connectivity index (χ0v) is 11.7. The number of methoxy groups -OCH3 is 1. The molecule has 108 valence electrons. The molecule has 0 saturated heterocycles. The molecule has 0 saturated carbocycles. The molecule has 1 aromatic carbocycles. The van der Waals surface area contributed by atoms with Crippen molar-refractivity contribution in [3.05, 3.63) is 30.5 Å². The third kappa shape index (κ3) is 2.58. The number of rotatable bonds is 3. The Labute approximate surface area is 121 Å². The van der Waals surface area contributed by atoms with Crippen LogP contribution >= 0.6 is 0 Å². The van der Waals surface area contributed by atoms with E-state index in [0.29, 0.717) is 23.3 Å². The number of fused-ring (bicyclic) bond motifs is 1. The number of hydrogen-bond donors (Lipinski definition) is 1. The van der Waals surface area contributed by atoms with Gasteiger partial charge in [-0.3, -0.25) is 4.79 Å². The van der Waals surface area contributed by atoms with Crippen LogP contribution in [0.25, 0.3) is 0 Å². The normalized spacial score (nSPS) is 13.4. The first-order valence-corrected chi connectivity index (χ1v) is 6.35. The maximum Gasteiger partial charge on any atom is 0.264 e. The number of ether oxygens (including phenoxy) is 2. The molecular weight excluding hydrogens is 272 g/mol. The molecule has 7 heteroatoms. The third-order valence-electron chi connectivity index (χ3n) is 3.14. The number of benzene rings is 1. The second kappa shape index (κ2) is 5.28. The molecule has 0 atom stereocenters. The number of likely N-dealkylation sites (N-methyl/N-ethyl adjacent to an activating group) is 1. The van der Waals surface area contributed by atoms with Gasteiger partial charge in [-0.1, -0.05) is 0 Å². The number of aromatic nitrogens is 2. The van der Waals surface area contributed by atoms with Crippen molar-refractivity contribution in [3.8, 4) is 11.6 Å². The molecule has 2 aromatic rings. The minimum absolute atomic E-state index is 0.0648. The molecular formula is C14H14N4O3. The van der Waals surface area contributed by atoms with Gasteiger partial charge in [0.2, 0.25) is 11.8 Å². The van der Waals surface area contributed by atoms with Crippen LogP contribution in [0.1, 0.15) is 0 Å². The van der Waals surface area contributed by atoms with Crippen LogP contribution in [0.15, 0.2) is 30.5 Å². The van der Waals surface area contributed by atoms with E-state index in [2.05, 4.69) is 15.3 Å². The topological polar surface area (TPSA) is 76.6 Å². The summed E-state index contributed by atoms with van der Waals surface area (Å²) in [4.78, 5) is 21.5. The lowest BCUT2D eigenvalue weighted by atomic mass is 10.2. The van der Waals surface area contributed by atoms with E-state index >= 15 is 0 Å². The molecule has 0 unspecified atom stereocenters. The van der Waals surface area contributed by atoms with Gasteiger partial charge in [0.1, 0.15) is 5.75 Å². The van der Waals surface area contributed by atoms with Crippen molar-refractivity contribution >= 4 is 23.2 Å². The van der Waals surface area contributed by atoms with E-state index in [1.54, 1.807) is 37.4 Å². The molecule has 21 heavy (non-hydrogen) atoms. The average Bonchev–Trinajstić information content (AvgIpc) is 2.52. The van der Waals surface area contributed by atoms with E-state index in [1.165, 1.54) is 0 Å². The van der Waals surface area contributed by atoms with E-state index in [4.69, 9.17) is 9.47 Å². The highest BCUT2D eigenvalue weighted by Crippen LogP contribution is 2.34. The Hall–Kier alpha value is -2.83. The monoisotopic (exact) mass is 286 g/mol. The summed E-state index contributed by atoms with van der Waals surface area (Å²) in [6.07, 6.45) is 1.60. The van der Waals surface area contributed by atoms with Crippen LogP contribution in [0.4, 0.5) is 17.3 Å². The first-order chi connectivity index (χ1) is 10.2. The van der Waals surface area contributed by atoms with Crippen molar-refractivity contribution in [2.75, 3.05) is 31.0 Å². The van der Waals surface area contributed by atoms with Gasteiger partial charge in [-0.05, 0) is 18.2 Å². The summed E-state index contributed by atoms with van der Waals surface area (Å²) in [6.45, 7) is 0.0648. The van der Waals surface area contributed by atoms with Crippen LogP contribution in [0.5, 0.6) is 11.6 Å². The quantitative estimate of drug-likeness (QED) is 0.923. The first-order valence-electron chi connectivity index (χ1n) is 6.35. The number of hydrogen-bond acceptors (Lipinski definition) is 6. The Balaban J connectivity index is 1.88. The maximum absolute atomic E-state index is 11.6. The highest BCUT2D eigenvalue weighted by atomic mass is 16.5. The molecule has 1 N–H and O–H groups in total. The van der Waals surface area contributed by atoms with Gasteiger partial charge in [0, 0.05) is 25.0 Å². The van der Waals surface area contributed by atoms with Crippen LogP contribution in [-0.2, 0) is 4.79 Å². The van der Waals surface area contributed by atoms with Crippen LogP contribution in [0.3, 0.4) is 0 Å². The standard InChI is InChI=1S/C14H14N4O3/c1-18-10-7-9(3-4-11(10)21-8-13(18)19)16-14-15-6-5-12(17-14)20-2/h3-7H,8H2,1-2H3,(H,15,16,17). The lowest BCUT2D eigenvalue weighted by Gasteiger charge is -2.26. The van der Waals surface area contributed by atoms with Crippen molar-refractivity contribution in [2.24, 2.45) is 0 Å². The van der Waals surface area contributed by atoms with Gasteiger partial charge < -0.3 is 19.7 Å². The predicted octanol–water partition coefficient (Wildman–Crippen LogP) is 1.58. The lowest BCUT2D eigenvalue weighted by molar-refractivity contribution is -0.120. The largest absolute Gasteiger partial charge is 0.482 e. The molecule has 7 nitrogen and oxygen atoms in total. The zero-order valence-electron chi connectivity index (χ0n) is 11.7. The van der Waals surface area contributed by atoms with E-state index in [1.807, 2.05) is 12.1 Å². The van der Waals surface area contributed by atoms with Crippen molar-refractivity contribution in [2.45, 2.75) is 0 Å². The number of carbonyl (C=O) groups is 1. The van der Waals surface area contributed by atoms with Crippen molar-refractivity contribution in [1.82, 2.24) is 9.97 Å². The number of nitrogens with one attached hydrogen (secondary N) is 1.